The molecule has 0 atom stereocenters. The van der Waals surface area contributed by atoms with Gasteiger partial charge in [-0.05, 0) is 36.6 Å². The molecule has 0 amide bonds. The molecule has 0 bridgehead atoms. The van der Waals surface area contributed by atoms with Gasteiger partial charge in [0.15, 0.2) is 0 Å². The molecule has 0 saturated heterocycles. The van der Waals surface area contributed by atoms with Crippen molar-refractivity contribution in [2.75, 3.05) is 18.9 Å². The van der Waals surface area contributed by atoms with Crippen molar-refractivity contribution in [3.8, 4) is 0 Å². The van der Waals surface area contributed by atoms with Gasteiger partial charge in [-0.25, -0.2) is 0 Å². The summed E-state index contributed by atoms with van der Waals surface area (Å²) in [5.74, 6) is 0. The molecule has 94 valence electrons. The zero-order valence-corrected chi connectivity index (χ0v) is 11.5. The molecule has 1 aliphatic carbocycles. The molecule has 0 aromatic heterocycles. The quantitative estimate of drug-likeness (QED) is 0.821. The van der Waals surface area contributed by atoms with Gasteiger partial charge >= 0.3 is 0 Å². The minimum Gasteiger partial charge on any atom is -0.399 e. The van der Waals surface area contributed by atoms with Crippen LogP contribution < -0.4 is 5.73 Å². The van der Waals surface area contributed by atoms with Crippen molar-refractivity contribution >= 4 is 21.6 Å². The molecule has 0 unspecified atom stereocenters. The molecular weight excluding hydrogens is 280 g/mol. The van der Waals surface area contributed by atoms with Crippen molar-refractivity contribution in [3.63, 3.8) is 0 Å². The number of benzene rings is 1. The van der Waals surface area contributed by atoms with Crippen LogP contribution in [0.15, 0.2) is 22.7 Å². The van der Waals surface area contributed by atoms with Crippen molar-refractivity contribution in [1.82, 2.24) is 4.90 Å². The number of hydrogen-bond donors (Lipinski definition) is 2. The first-order chi connectivity index (χ1) is 8.19. The number of aliphatic hydroxyl groups excluding tert-OH is 1. The van der Waals surface area contributed by atoms with Gasteiger partial charge in [-0.1, -0.05) is 22.4 Å². The van der Waals surface area contributed by atoms with Crippen molar-refractivity contribution < 1.29 is 5.11 Å². The Hall–Kier alpha value is -0.580. The van der Waals surface area contributed by atoms with Crippen LogP contribution in [-0.2, 0) is 6.54 Å². The van der Waals surface area contributed by atoms with E-state index >= 15 is 0 Å². The largest absolute Gasteiger partial charge is 0.399 e. The second-order valence-corrected chi connectivity index (χ2v) is 5.59. The average Bonchev–Trinajstić information content (AvgIpc) is 2.13. The van der Waals surface area contributed by atoms with Crippen molar-refractivity contribution in [3.05, 3.63) is 28.2 Å². The molecule has 17 heavy (non-hydrogen) atoms. The lowest BCUT2D eigenvalue weighted by molar-refractivity contribution is 0.0945. The third kappa shape index (κ3) is 3.44. The van der Waals surface area contributed by atoms with Crippen LogP contribution in [0.5, 0.6) is 0 Å². The van der Waals surface area contributed by atoms with Gasteiger partial charge in [-0.15, -0.1) is 0 Å². The van der Waals surface area contributed by atoms with E-state index in [1.54, 1.807) is 0 Å². The molecule has 2 rings (SSSR count). The summed E-state index contributed by atoms with van der Waals surface area (Å²) in [6.45, 7) is 1.84. The summed E-state index contributed by atoms with van der Waals surface area (Å²) >= 11 is 3.46. The van der Waals surface area contributed by atoms with E-state index in [1.807, 2.05) is 12.1 Å². The SMILES string of the molecule is Nc1cc(Br)cc(CN(CCO)C2CCC2)c1. The number of nitrogen functional groups attached to an aromatic ring is 1. The molecule has 0 radical (unpaired) electrons. The molecule has 1 aliphatic rings. The number of rotatable bonds is 5. The average molecular weight is 299 g/mol. The molecule has 1 aromatic rings. The zero-order valence-electron chi connectivity index (χ0n) is 9.90. The first-order valence-electron chi connectivity index (χ1n) is 6.09. The second kappa shape index (κ2) is 5.85. The maximum Gasteiger partial charge on any atom is 0.0558 e. The Morgan fingerprint density at radius 1 is 1.35 bits per heavy atom. The first kappa shape index (κ1) is 12.9. The van der Waals surface area contributed by atoms with Crippen LogP contribution in [0.3, 0.4) is 0 Å². The monoisotopic (exact) mass is 298 g/mol. The van der Waals surface area contributed by atoms with E-state index in [1.165, 1.54) is 24.8 Å². The summed E-state index contributed by atoms with van der Waals surface area (Å²) in [5, 5.41) is 9.12. The van der Waals surface area contributed by atoms with E-state index in [0.717, 1.165) is 23.2 Å². The Morgan fingerprint density at radius 2 is 2.12 bits per heavy atom. The number of hydrogen-bond acceptors (Lipinski definition) is 3. The maximum atomic E-state index is 9.12. The molecule has 4 heteroatoms. The predicted octanol–water partition coefficient (Wildman–Crippen LogP) is 2.38. The van der Waals surface area contributed by atoms with Crippen molar-refractivity contribution in [2.24, 2.45) is 0 Å². The normalized spacial score (nSPS) is 16.2. The molecule has 3 N–H and O–H groups in total. The predicted molar refractivity (Wildman–Crippen MR) is 73.7 cm³/mol. The molecule has 3 nitrogen and oxygen atoms in total. The highest BCUT2D eigenvalue weighted by molar-refractivity contribution is 9.10. The van der Waals surface area contributed by atoms with Gasteiger partial charge in [0.05, 0.1) is 6.61 Å². The van der Waals surface area contributed by atoms with Crippen LogP contribution in [0, 0.1) is 0 Å². The van der Waals surface area contributed by atoms with Crippen molar-refractivity contribution in [1.29, 1.82) is 0 Å². The van der Waals surface area contributed by atoms with Crippen LogP contribution >= 0.6 is 15.9 Å². The highest BCUT2D eigenvalue weighted by Crippen LogP contribution is 2.27. The fraction of sp³-hybridized carbons (Fsp3) is 0.538. The van der Waals surface area contributed by atoms with Gasteiger partial charge < -0.3 is 10.8 Å². The molecule has 0 heterocycles. The number of nitrogens with zero attached hydrogens (tertiary/aromatic N) is 1. The van der Waals surface area contributed by atoms with Gasteiger partial charge in [-0.3, -0.25) is 4.90 Å². The van der Waals surface area contributed by atoms with Crippen LogP contribution in [0.25, 0.3) is 0 Å². The van der Waals surface area contributed by atoms with Gasteiger partial charge in [0.25, 0.3) is 0 Å². The van der Waals surface area contributed by atoms with E-state index in [-0.39, 0.29) is 6.61 Å². The molecule has 1 saturated carbocycles. The van der Waals surface area contributed by atoms with E-state index < -0.39 is 0 Å². The first-order valence-corrected chi connectivity index (χ1v) is 6.88. The summed E-state index contributed by atoms with van der Waals surface area (Å²) in [6, 6.07) is 6.65. The van der Waals surface area contributed by atoms with E-state index in [2.05, 4.69) is 26.9 Å². The van der Waals surface area contributed by atoms with E-state index in [0.29, 0.717) is 6.04 Å². The molecule has 1 fully saturated rings. The third-order valence-electron chi connectivity index (χ3n) is 3.34. The fourth-order valence-electron chi connectivity index (χ4n) is 2.27. The van der Waals surface area contributed by atoms with Crippen LogP contribution in [0.2, 0.25) is 0 Å². The number of halogens is 1. The van der Waals surface area contributed by atoms with Crippen molar-refractivity contribution in [2.45, 2.75) is 31.8 Å². The number of nitrogens with two attached hydrogens (primary N) is 1. The summed E-state index contributed by atoms with van der Waals surface area (Å²) < 4.78 is 1.02. The highest BCUT2D eigenvalue weighted by atomic mass is 79.9. The Balaban J connectivity index is 2.05. The zero-order chi connectivity index (χ0) is 12.3. The Labute approximate surface area is 111 Å². The summed E-state index contributed by atoms with van der Waals surface area (Å²) in [4.78, 5) is 2.35. The van der Waals surface area contributed by atoms with Crippen LogP contribution in [-0.4, -0.2) is 29.2 Å². The van der Waals surface area contributed by atoms with E-state index in [9.17, 15) is 0 Å². The smallest absolute Gasteiger partial charge is 0.0558 e. The standard InChI is InChI=1S/C13H19BrN2O/c14-11-6-10(7-12(15)8-11)9-16(4-5-17)13-2-1-3-13/h6-8,13,17H,1-5,9,15H2. The topological polar surface area (TPSA) is 49.5 Å². The lowest BCUT2D eigenvalue weighted by Crippen LogP contribution is -2.41. The Morgan fingerprint density at radius 3 is 2.65 bits per heavy atom. The third-order valence-corrected chi connectivity index (χ3v) is 3.80. The summed E-state index contributed by atoms with van der Waals surface area (Å²) in [5.41, 5.74) is 7.82. The fourth-order valence-corrected chi connectivity index (χ4v) is 2.83. The second-order valence-electron chi connectivity index (χ2n) is 4.67. The minimum absolute atomic E-state index is 0.222. The van der Waals surface area contributed by atoms with E-state index in [4.69, 9.17) is 10.8 Å². The molecule has 1 aromatic carbocycles. The summed E-state index contributed by atoms with van der Waals surface area (Å²) in [6.07, 6.45) is 3.82. The number of aliphatic hydroxyl groups is 1. The lowest BCUT2D eigenvalue weighted by atomic mass is 9.91. The van der Waals surface area contributed by atoms with Gasteiger partial charge in [0.1, 0.15) is 0 Å². The van der Waals surface area contributed by atoms with Gasteiger partial charge in [0, 0.05) is 29.3 Å². The Bertz CT molecular complexity index is 359. The lowest BCUT2D eigenvalue weighted by Gasteiger charge is -2.37. The molecule has 0 spiro atoms. The van der Waals surface area contributed by atoms with Crippen LogP contribution in [0.1, 0.15) is 24.8 Å². The number of anilines is 1. The maximum absolute atomic E-state index is 9.12. The molecular formula is C13H19BrN2O. The summed E-state index contributed by atoms with van der Waals surface area (Å²) in [7, 11) is 0. The van der Waals surface area contributed by atoms with Crippen LogP contribution in [0.4, 0.5) is 5.69 Å². The minimum atomic E-state index is 0.222. The highest BCUT2D eigenvalue weighted by Gasteiger charge is 2.24. The Kier molecular flexibility index (Phi) is 4.42. The van der Waals surface area contributed by atoms with Gasteiger partial charge in [0.2, 0.25) is 0 Å². The molecule has 0 aliphatic heterocycles. The van der Waals surface area contributed by atoms with Gasteiger partial charge in [-0.2, -0.15) is 0 Å².